The molecule has 18 heavy (non-hydrogen) atoms. The number of thiocarbonyl (C=S) groups is 1. The number of alkyl halides is 6. The minimum absolute atomic E-state index is 0.141. The van der Waals surface area contributed by atoms with E-state index in [2.05, 4.69) is 23.3 Å². The molecule has 0 heterocycles. The predicted molar refractivity (Wildman–Crippen MR) is 50.1 cm³/mol. The molecule has 0 saturated carbocycles. The highest BCUT2D eigenvalue weighted by Crippen LogP contribution is 2.12. The molecule has 0 bridgehead atoms. The van der Waals surface area contributed by atoms with E-state index in [1.54, 1.807) is 6.92 Å². The van der Waals surface area contributed by atoms with Gasteiger partial charge in [0.2, 0.25) is 0 Å². The highest BCUT2D eigenvalue weighted by atomic mass is 32.1. The van der Waals surface area contributed by atoms with Gasteiger partial charge < -0.3 is 21.0 Å². The maximum absolute atomic E-state index is 11.5. The fourth-order valence-electron chi connectivity index (χ4n) is 0.362. The minimum Gasteiger partial charge on any atom is -0.542 e. The highest BCUT2D eigenvalue weighted by molar-refractivity contribution is 7.80. The lowest BCUT2D eigenvalue weighted by molar-refractivity contribution is -0.389. The molecule has 11 heteroatoms. The maximum atomic E-state index is 11.5. The monoisotopic (exact) mass is 300 g/mol. The number of nitrogens with one attached hydrogen (secondary N) is 1. The average molecular weight is 300 g/mol. The Labute approximate surface area is 103 Å². The third kappa shape index (κ3) is 13.0. The summed E-state index contributed by atoms with van der Waals surface area (Å²) in [6, 6.07) is -0.285. The Morgan fingerprint density at radius 2 is 1.67 bits per heavy atom. The van der Waals surface area contributed by atoms with Crippen LogP contribution in [0, 0.1) is 0 Å². The summed E-state index contributed by atoms with van der Waals surface area (Å²) >= 11 is 4.57. The molecule has 4 nitrogen and oxygen atoms in total. The van der Waals surface area contributed by atoms with Gasteiger partial charge >= 0.3 is 12.4 Å². The molecular formula is C7H10F6N2O2S. The SMILES string of the molecule is C[C@@H]([NH3+])C(=S)NCC(F)(F)F.O=C([O-])C(F)(F)F. The second kappa shape index (κ2) is 7.36. The van der Waals surface area contributed by atoms with Crippen LogP contribution < -0.4 is 16.2 Å². The van der Waals surface area contributed by atoms with Gasteiger partial charge in [0.05, 0.1) is 0 Å². The fraction of sp³-hybridized carbons (Fsp3) is 0.714. The van der Waals surface area contributed by atoms with E-state index >= 15 is 0 Å². The Hall–Kier alpha value is -1.10. The molecule has 0 amide bonds. The maximum Gasteiger partial charge on any atom is 0.430 e. The largest absolute Gasteiger partial charge is 0.542 e. The van der Waals surface area contributed by atoms with E-state index in [4.69, 9.17) is 9.90 Å². The van der Waals surface area contributed by atoms with E-state index in [-0.39, 0.29) is 11.0 Å². The quantitative estimate of drug-likeness (QED) is 0.527. The number of carboxylic acids is 1. The first-order valence-corrected chi connectivity index (χ1v) is 4.64. The second-order valence-electron chi connectivity index (χ2n) is 3.02. The first-order valence-electron chi connectivity index (χ1n) is 4.23. The summed E-state index contributed by atoms with van der Waals surface area (Å²) in [7, 11) is 0. The number of aliphatic carboxylic acids is 1. The van der Waals surface area contributed by atoms with Gasteiger partial charge in [-0.2, -0.15) is 26.3 Å². The van der Waals surface area contributed by atoms with Gasteiger partial charge in [0, 0.05) is 0 Å². The molecule has 4 N–H and O–H groups in total. The van der Waals surface area contributed by atoms with Crippen molar-refractivity contribution in [1.82, 2.24) is 5.32 Å². The number of hydrogen-bond donors (Lipinski definition) is 2. The van der Waals surface area contributed by atoms with Crippen LogP contribution in [-0.2, 0) is 4.79 Å². The third-order valence-electron chi connectivity index (χ3n) is 1.14. The zero-order valence-corrected chi connectivity index (χ0v) is 9.80. The van der Waals surface area contributed by atoms with Crippen LogP contribution in [0.5, 0.6) is 0 Å². The molecule has 0 spiro atoms. The van der Waals surface area contributed by atoms with E-state index in [0.29, 0.717) is 0 Å². The molecular weight excluding hydrogens is 290 g/mol. The van der Waals surface area contributed by atoms with Gasteiger partial charge in [0.15, 0.2) is 0 Å². The molecule has 0 aromatic carbocycles. The van der Waals surface area contributed by atoms with Crippen molar-refractivity contribution in [3.63, 3.8) is 0 Å². The molecule has 0 fully saturated rings. The van der Waals surface area contributed by atoms with Crippen molar-refractivity contribution in [2.75, 3.05) is 6.54 Å². The van der Waals surface area contributed by atoms with E-state index < -0.39 is 24.9 Å². The van der Waals surface area contributed by atoms with Crippen molar-refractivity contribution in [2.45, 2.75) is 25.3 Å². The van der Waals surface area contributed by atoms with Crippen molar-refractivity contribution in [1.29, 1.82) is 0 Å². The van der Waals surface area contributed by atoms with E-state index in [0.717, 1.165) is 0 Å². The Morgan fingerprint density at radius 1 is 1.33 bits per heavy atom. The van der Waals surface area contributed by atoms with Gasteiger partial charge in [-0.05, 0) is 6.92 Å². The van der Waals surface area contributed by atoms with Gasteiger partial charge in [-0.1, -0.05) is 12.2 Å². The number of carbonyl (C=O) groups is 1. The molecule has 0 aliphatic carbocycles. The number of carbonyl (C=O) groups excluding carboxylic acids is 1. The Kier molecular flexibility index (Phi) is 7.87. The Bertz CT molecular complexity index is 289. The van der Waals surface area contributed by atoms with Crippen LogP contribution in [0.15, 0.2) is 0 Å². The van der Waals surface area contributed by atoms with Crippen LogP contribution in [0.25, 0.3) is 0 Å². The summed E-state index contributed by atoms with van der Waals surface area (Å²) in [6.45, 7) is 0.553. The average Bonchev–Trinajstić information content (AvgIpc) is 2.12. The van der Waals surface area contributed by atoms with Gasteiger partial charge in [-0.25, -0.2) is 0 Å². The first kappa shape index (κ1) is 19.2. The summed E-state index contributed by atoms with van der Waals surface area (Å²) in [5.74, 6) is -3.01. The number of hydrogen-bond acceptors (Lipinski definition) is 3. The normalized spacial score (nSPS) is 13.1. The van der Waals surface area contributed by atoms with Gasteiger partial charge in [0.25, 0.3) is 0 Å². The Balaban J connectivity index is 0. The summed E-state index contributed by atoms with van der Waals surface area (Å²) < 4.78 is 66.2. The fourth-order valence-corrected chi connectivity index (χ4v) is 0.434. The van der Waals surface area contributed by atoms with Crippen LogP contribution in [0.4, 0.5) is 26.3 Å². The predicted octanol–water partition coefficient (Wildman–Crippen LogP) is -0.605. The standard InChI is InChI=1S/C5H9F3N2S.C2HF3O2/c1-3(9)4(11)10-2-5(6,7)8;3-2(4,5)1(6)7/h3H,2,9H2,1H3,(H,10,11);(H,6,7)/t3-;/m1./s1. The van der Waals surface area contributed by atoms with Crippen molar-refractivity contribution in [2.24, 2.45) is 0 Å². The summed E-state index contributed by atoms with van der Waals surface area (Å²) in [5.41, 5.74) is 3.47. The molecule has 0 aromatic rings. The van der Waals surface area contributed by atoms with Crippen LogP contribution in [0.2, 0.25) is 0 Å². The second-order valence-corrected chi connectivity index (χ2v) is 3.46. The number of halogens is 6. The Morgan fingerprint density at radius 3 is 1.83 bits per heavy atom. The van der Waals surface area contributed by atoms with Gasteiger partial charge in [-0.15, -0.1) is 0 Å². The zero-order chi connectivity index (χ0) is 15.1. The number of rotatable bonds is 2. The molecule has 0 radical (unpaired) electrons. The summed E-state index contributed by atoms with van der Waals surface area (Å²) in [5, 5.41) is 10.9. The van der Waals surface area contributed by atoms with Crippen LogP contribution >= 0.6 is 12.2 Å². The molecule has 0 saturated heterocycles. The van der Waals surface area contributed by atoms with Crippen molar-refractivity contribution in [3.8, 4) is 0 Å². The molecule has 0 rings (SSSR count). The molecule has 0 aliphatic rings. The summed E-state index contributed by atoms with van der Waals surface area (Å²) in [4.78, 5) is 8.93. The molecule has 0 unspecified atom stereocenters. The molecule has 0 aliphatic heterocycles. The van der Waals surface area contributed by atoms with E-state index in [9.17, 15) is 26.3 Å². The van der Waals surface area contributed by atoms with Crippen LogP contribution in [0.1, 0.15) is 6.92 Å². The minimum atomic E-state index is -5.19. The summed E-state index contributed by atoms with van der Waals surface area (Å²) in [6.07, 6.45) is -9.40. The zero-order valence-electron chi connectivity index (χ0n) is 8.98. The lowest BCUT2D eigenvalue weighted by Gasteiger charge is -2.10. The van der Waals surface area contributed by atoms with Crippen LogP contribution in [-0.4, -0.2) is 35.9 Å². The van der Waals surface area contributed by atoms with Crippen molar-refractivity contribution < 1.29 is 42.0 Å². The van der Waals surface area contributed by atoms with Gasteiger partial charge in [-0.3, -0.25) is 0 Å². The van der Waals surface area contributed by atoms with Crippen molar-refractivity contribution in [3.05, 3.63) is 0 Å². The van der Waals surface area contributed by atoms with Crippen molar-refractivity contribution >= 4 is 23.2 Å². The van der Waals surface area contributed by atoms with E-state index in [1.165, 1.54) is 0 Å². The first-order chi connectivity index (χ1) is 7.77. The molecule has 1 atom stereocenters. The third-order valence-corrected chi connectivity index (χ3v) is 1.69. The van der Waals surface area contributed by atoms with Crippen LogP contribution in [0.3, 0.4) is 0 Å². The van der Waals surface area contributed by atoms with E-state index in [1.807, 2.05) is 0 Å². The highest BCUT2D eigenvalue weighted by Gasteiger charge is 2.29. The molecule has 108 valence electrons. The number of quaternary nitrogens is 1. The number of carboxylic acid groups (broad SMARTS) is 1. The lowest BCUT2D eigenvalue weighted by Crippen LogP contribution is -2.65. The smallest absolute Gasteiger partial charge is 0.430 e. The van der Waals surface area contributed by atoms with Gasteiger partial charge in [0.1, 0.15) is 23.5 Å². The lowest BCUT2D eigenvalue weighted by atomic mass is 10.3. The molecule has 0 aromatic heterocycles. The topological polar surface area (TPSA) is 79.8 Å².